The number of fused-ring (bicyclic) bond motifs is 1. The number of pyridine rings is 1. The van der Waals surface area contributed by atoms with Crippen LogP contribution in [0.3, 0.4) is 0 Å². The van der Waals surface area contributed by atoms with E-state index in [0.717, 1.165) is 67.8 Å². The molecule has 0 aliphatic carbocycles. The molecule has 8 heteroatoms. The Morgan fingerprint density at radius 3 is 2.72 bits per heavy atom. The predicted molar refractivity (Wildman–Crippen MR) is 93.6 cm³/mol. The molecule has 1 aliphatic heterocycles. The summed E-state index contributed by atoms with van der Waals surface area (Å²) in [6.45, 7) is 7.77. The van der Waals surface area contributed by atoms with Crippen molar-refractivity contribution in [2.75, 3.05) is 31.1 Å². The van der Waals surface area contributed by atoms with Gasteiger partial charge in [0.05, 0.1) is 16.6 Å². The van der Waals surface area contributed by atoms with Gasteiger partial charge in [0.2, 0.25) is 0 Å². The molecular formula is C17H22N6O2. The number of hydrogen-bond acceptors (Lipinski definition) is 8. The zero-order valence-corrected chi connectivity index (χ0v) is 14.6. The van der Waals surface area contributed by atoms with Crippen LogP contribution in [0, 0.1) is 0 Å². The molecule has 3 aromatic heterocycles. The van der Waals surface area contributed by atoms with Crippen LogP contribution in [0.15, 0.2) is 15.1 Å². The van der Waals surface area contributed by atoms with Crippen molar-refractivity contribution in [2.45, 2.75) is 33.1 Å². The molecule has 0 aromatic carbocycles. The SMILES string of the molecule is CCCc1noc2nc(CC)cc(-c3nc(N4CCNCC4)no3)c12. The summed E-state index contributed by atoms with van der Waals surface area (Å²) in [5.41, 5.74) is 3.22. The van der Waals surface area contributed by atoms with Gasteiger partial charge in [-0.3, -0.25) is 0 Å². The van der Waals surface area contributed by atoms with Crippen molar-refractivity contribution in [1.29, 1.82) is 0 Å². The van der Waals surface area contributed by atoms with Crippen LogP contribution in [0.5, 0.6) is 0 Å². The third kappa shape index (κ3) is 2.97. The van der Waals surface area contributed by atoms with E-state index in [1.54, 1.807) is 0 Å². The van der Waals surface area contributed by atoms with E-state index in [1.165, 1.54) is 0 Å². The van der Waals surface area contributed by atoms with Crippen LogP contribution in [0.4, 0.5) is 5.95 Å². The number of rotatable bonds is 5. The van der Waals surface area contributed by atoms with Gasteiger partial charge in [0.25, 0.3) is 17.6 Å². The average Bonchev–Trinajstić information content (AvgIpc) is 3.30. The molecule has 0 spiro atoms. The summed E-state index contributed by atoms with van der Waals surface area (Å²) < 4.78 is 11.1. The fourth-order valence-corrected chi connectivity index (χ4v) is 3.14. The Labute approximate surface area is 145 Å². The van der Waals surface area contributed by atoms with Crippen molar-refractivity contribution < 1.29 is 9.05 Å². The van der Waals surface area contributed by atoms with E-state index in [4.69, 9.17) is 9.05 Å². The van der Waals surface area contributed by atoms with Crippen LogP contribution in [0.25, 0.3) is 22.6 Å². The number of anilines is 1. The Morgan fingerprint density at radius 2 is 1.96 bits per heavy atom. The Morgan fingerprint density at radius 1 is 1.12 bits per heavy atom. The second kappa shape index (κ2) is 6.79. The molecule has 0 bridgehead atoms. The second-order valence-corrected chi connectivity index (χ2v) is 6.21. The van der Waals surface area contributed by atoms with Crippen LogP contribution in [0.1, 0.15) is 31.7 Å². The lowest BCUT2D eigenvalue weighted by Gasteiger charge is -2.25. The second-order valence-electron chi connectivity index (χ2n) is 6.21. The molecule has 0 saturated carbocycles. The number of nitrogens with one attached hydrogen (secondary N) is 1. The van der Waals surface area contributed by atoms with Crippen molar-refractivity contribution in [1.82, 2.24) is 25.6 Å². The van der Waals surface area contributed by atoms with Gasteiger partial charge in [0.1, 0.15) is 0 Å². The van der Waals surface area contributed by atoms with Gasteiger partial charge < -0.3 is 19.3 Å². The molecule has 0 radical (unpaired) electrons. The van der Waals surface area contributed by atoms with Gasteiger partial charge in [-0.1, -0.05) is 25.4 Å². The van der Waals surface area contributed by atoms with Crippen LogP contribution in [0.2, 0.25) is 0 Å². The minimum atomic E-state index is 0.496. The first-order valence-electron chi connectivity index (χ1n) is 8.88. The third-order valence-electron chi connectivity index (χ3n) is 4.46. The molecule has 4 heterocycles. The van der Waals surface area contributed by atoms with Crippen molar-refractivity contribution in [3.8, 4) is 11.5 Å². The van der Waals surface area contributed by atoms with Crippen LogP contribution < -0.4 is 10.2 Å². The summed E-state index contributed by atoms with van der Waals surface area (Å²) >= 11 is 0. The first kappa shape index (κ1) is 16.0. The Kier molecular flexibility index (Phi) is 4.35. The molecule has 0 unspecified atom stereocenters. The van der Waals surface area contributed by atoms with E-state index < -0.39 is 0 Å². The van der Waals surface area contributed by atoms with Crippen molar-refractivity contribution >= 4 is 17.0 Å². The zero-order valence-electron chi connectivity index (χ0n) is 14.6. The van der Waals surface area contributed by atoms with Crippen LogP contribution in [-0.4, -0.2) is 46.5 Å². The Balaban J connectivity index is 1.79. The normalized spacial score (nSPS) is 15.2. The van der Waals surface area contributed by atoms with Crippen LogP contribution >= 0.6 is 0 Å². The molecule has 8 nitrogen and oxygen atoms in total. The van der Waals surface area contributed by atoms with Gasteiger partial charge in [-0.2, -0.15) is 4.98 Å². The molecule has 25 heavy (non-hydrogen) atoms. The van der Waals surface area contributed by atoms with E-state index in [-0.39, 0.29) is 0 Å². The van der Waals surface area contributed by atoms with Crippen molar-refractivity contribution in [3.63, 3.8) is 0 Å². The lowest BCUT2D eigenvalue weighted by Crippen LogP contribution is -2.44. The first-order chi connectivity index (χ1) is 12.3. The fraction of sp³-hybridized carbons (Fsp3) is 0.529. The molecule has 132 valence electrons. The van der Waals surface area contributed by atoms with E-state index >= 15 is 0 Å². The van der Waals surface area contributed by atoms with Gasteiger partial charge in [0.15, 0.2) is 0 Å². The molecular weight excluding hydrogens is 320 g/mol. The zero-order chi connectivity index (χ0) is 17.2. The highest BCUT2D eigenvalue weighted by Crippen LogP contribution is 2.32. The molecule has 1 saturated heterocycles. The molecule has 1 N–H and O–H groups in total. The van der Waals surface area contributed by atoms with Gasteiger partial charge >= 0.3 is 0 Å². The fourth-order valence-electron chi connectivity index (χ4n) is 3.14. The van der Waals surface area contributed by atoms with Gasteiger partial charge in [-0.05, 0) is 24.1 Å². The maximum absolute atomic E-state index is 5.59. The molecule has 1 fully saturated rings. The highest BCUT2D eigenvalue weighted by Gasteiger charge is 2.22. The van der Waals surface area contributed by atoms with Gasteiger partial charge in [-0.15, -0.1) is 0 Å². The van der Waals surface area contributed by atoms with Crippen LogP contribution in [-0.2, 0) is 12.8 Å². The Bertz CT molecular complexity index is 865. The smallest absolute Gasteiger partial charge is 0.266 e. The molecule has 0 atom stereocenters. The summed E-state index contributed by atoms with van der Waals surface area (Å²) in [6.07, 6.45) is 2.60. The standard InChI is InChI=1S/C17H22N6O2/c1-3-5-13-14-12(10-11(4-2)19-16(14)25-21-13)15-20-17(22-24-15)23-8-6-18-7-9-23/h10,18H,3-9H2,1-2H3. The topological polar surface area (TPSA) is 93.1 Å². The minimum Gasteiger partial charge on any atom is -0.336 e. The number of aromatic nitrogens is 4. The molecule has 3 aromatic rings. The van der Waals surface area contributed by atoms with Crippen molar-refractivity contribution in [3.05, 3.63) is 17.5 Å². The van der Waals surface area contributed by atoms with Crippen molar-refractivity contribution in [2.24, 2.45) is 0 Å². The number of aryl methyl sites for hydroxylation is 2. The highest BCUT2D eigenvalue weighted by molar-refractivity contribution is 5.91. The predicted octanol–water partition coefficient (Wildman–Crippen LogP) is 2.20. The monoisotopic (exact) mass is 342 g/mol. The van der Waals surface area contributed by atoms with E-state index in [9.17, 15) is 0 Å². The Hall–Kier alpha value is -2.48. The molecule has 0 amide bonds. The van der Waals surface area contributed by atoms with E-state index in [1.807, 2.05) is 6.07 Å². The lowest BCUT2D eigenvalue weighted by atomic mass is 10.1. The number of piperazine rings is 1. The van der Waals surface area contributed by atoms with E-state index in [2.05, 4.69) is 44.3 Å². The summed E-state index contributed by atoms with van der Waals surface area (Å²) in [6, 6.07) is 2.01. The number of nitrogens with zero attached hydrogens (tertiary/aromatic N) is 5. The van der Waals surface area contributed by atoms with E-state index in [0.29, 0.717) is 17.6 Å². The maximum Gasteiger partial charge on any atom is 0.266 e. The summed E-state index contributed by atoms with van der Waals surface area (Å²) in [4.78, 5) is 11.3. The molecule has 4 rings (SSSR count). The van der Waals surface area contributed by atoms with Gasteiger partial charge in [0, 0.05) is 31.9 Å². The summed E-state index contributed by atoms with van der Waals surface area (Å²) in [5, 5.41) is 12.6. The maximum atomic E-state index is 5.59. The summed E-state index contributed by atoms with van der Waals surface area (Å²) in [5.74, 6) is 1.13. The largest absolute Gasteiger partial charge is 0.336 e. The highest BCUT2D eigenvalue weighted by atomic mass is 16.5. The molecule has 1 aliphatic rings. The lowest BCUT2D eigenvalue weighted by molar-refractivity contribution is 0.427. The number of hydrogen-bond donors (Lipinski definition) is 1. The van der Waals surface area contributed by atoms with Gasteiger partial charge in [-0.25, -0.2) is 4.98 Å². The average molecular weight is 342 g/mol. The minimum absolute atomic E-state index is 0.496. The third-order valence-corrected chi connectivity index (χ3v) is 4.46. The summed E-state index contributed by atoms with van der Waals surface area (Å²) in [7, 11) is 0. The first-order valence-corrected chi connectivity index (χ1v) is 8.88. The quantitative estimate of drug-likeness (QED) is 0.754.